The number of phenols is 1. The first-order valence-corrected chi connectivity index (χ1v) is 9.65. The number of aromatic hydroxyl groups is 1. The molecule has 26 heavy (non-hydrogen) atoms. The molecule has 1 amide bonds. The van der Waals surface area contributed by atoms with Crippen molar-refractivity contribution in [3.05, 3.63) is 23.8 Å². The van der Waals surface area contributed by atoms with Crippen LogP contribution in [0.25, 0.3) is 0 Å². The van der Waals surface area contributed by atoms with Gasteiger partial charge in [-0.2, -0.15) is 0 Å². The fraction of sp³-hybridized carbons (Fsp3) is 0.650. The second-order valence-electron chi connectivity index (χ2n) is 7.74. The highest BCUT2D eigenvalue weighted by Gasteiger charge is 2.39. The molecule has 0 aromatic heterocycles. The summed E-state index contributed by atoms with van der Waals surface area (Å²) in [6.07, 6.45) is 4.46. The summed E-state index contributed by atoms with van der Waals surface area (Å²) in [5, 5.41) is 10.0. The summed E-state index contributed by atoms with van der Waals surface area (Å²) in [5.41, 5.74) is 0.536. The minimum Gasteiger partial charge on any atom is -0.504 e. The summed E-state index contributed by atoms with van der Waals surface area (Å²) in [7, 11) is 1.51. The summed E-state index contributed by atoms with van der Waals surface area (Å²) in [4.78, 5) is 17.7. The van der Waals surface area contributed by atoms with Gasteiger partial charge in [-0.15, -0.1) is 0 Å². The smallest absolute Gasteiger partial charge is 0.254 e. The van der Waals surface area contributed by atoms with Crippen molar-refractivity contribution in [3.63, 3.8) is 0 Å². The van der Waals surface area contributed by atoms with Crippen molar-refractivity contribution in [2.45, 2.75) is 37.8 Å². The van der Waals surface area contributed by atoms with E-state index in [1.54, 1.807) is 12.1 Å². The first kappa shape index (κ1) is 17.6. The molecular weight excluding hydrogens is 332 g/mol. The number of carbonyl (C=O) groups excluding carboxylic acids is 1. The summed E-state index contributed by atoms with van der Waals surface area (Å²) < 4.78 is 10.6. The monoisotopic (exact) mass is 360 g/mol. The number of hydrogen-bond donors (Lipinski definition) is 1. The Morgan fingerprint density at radius 2 is 1.92 bits per heavy atom. The lowest BCUT2D eigenvalue weighted by atomic mass is 9.94. The number of amides is 1. The van der Waals surface area contributed by atoms with Crippen molar-refractivity contribution in [2.75, 3.05) is 40.0 Å². The maximum absolute atomic E-state index is 13.1. The summed E-state index contributed by atoms with van der Waals surface area (Å²) in [5.74, 6) is 0.964. The van der Waals surface area contributed by atoms with Crippen molar-refractivity contribution in [2.24, 2.45) is 5.92 Å². The number of fused-ring (bicyclic) bond motifs is 4. The SMILES string of the molecule is COc1ccc(C(=O)N2C[C@H]3CC[C@@H]2CN(C2CCOCC2)C3)cc1O. The van der Waals surface area contributed by atoms with Gasteiger partial charge >= 0.3 is 0 Å². The number of rotatable bonds is 3. The van der Waals surface area contributed by atoms with Crippen molar-refractivity contribution in [1.29, 1.82) is 0 Å². The molecule has 4 aliphatic heterocycles. The van der Waals surface area contributed by atoms with E-state index in [1.807, 2.05) is 4.90 Å². The van der Waals surface area contributed by atoms with Crippen molar-refractivity contribution in [3.8, 4) is 11.5 Å². The van der Waals surface area contributed by atoms with Crippen LogP contribution in [0.3, 0.4) is 0 Å². The topological polar surface area (TPSA) is 62.2 Å². The Kier molecular flexibility index (Phi) is 5.05. The van der Waals surface area contributed by atoms with Crippen LogP contribution in [0.1, 0.15) is 36.0 Å². The molecule has 142 valence electrons. The van der Waals surface area contributed by atoms with Crippen LogP contribution in [0.15, 0.2) is 18.2 Å². The maximum Gasteiger partial charge on any atom is 0.254 e. The van der Waals surface area contributed by atoms with Gasteiger partial charge in [-0.3, -0.25) is 9.69 Å². The molecule has 0 unspecified atom stereocenters. The molecular formula is C20H28N2O4. The molecule has 1 aromatic rings. The van der Waals surface area contributed by atoms with Crippen LogP contribution in [-0.4, -0.2) is 72.9 Å². The van der Waals surface area contributed by atoms with E-state index in [-0.39, 0.29) is 17.7 Å². The minimum atomic E-state index is 0.0159. The number of piperidine rings is 1. The number of hydrogen-bond acceptors (Lipinski definition) is 5. The molecule has 0 spiro atoms. The largest absolute Gasteiger partial charge is 0.504 e. The molecule has 4 saturated heterocycles. The maximum atomic E-state index is 13.1. The van der Waals surface area contributed by atoms with E-state index in [1.165, 1.54) is 19.6 Å². The van der Waals surface area contributed by atoms with Crippen LogP contribution >= 0.6 is 0 Å². The normalized spacial score (nSPS) is 27.3. The Morgan fingerprint density at radius 3 is 2.65 bits per heavy atom. The molecule has 4 fully saturated rings. The second kappa shape index (κ2) is 7.45. The average Bonchev–Trinajstić information content (AvgIpc) is 3.00. The third kappa shape index (κ3) is 3.40. The fourth-order valence-corrected chi connectivity index (χ4v) is 4.70. The van der Waals surface area contributed by atoms with E-state index >= 15 is 0 Å². The van der Waals surface area contributed by atoms with E-state index in [9.17, 15) is 9.90 Å². The van der Waals surface area contributed by atoms with Gasteiger partial charge in [-0.05, 0) is 49.8 Å². The first-order chi connectivity index (χ1) is 12.7. The zero-order chi connectivity index (χ0) is 18.1. The van der Waals surface area contributed by atoms with Crippen LogP contribution in [0.5, 0.6) is 11.5 Å². The lowest BCUT2D eigenvalue weighted by Gasteiger charge is -2.37. The molecule has 0 saturated carbocycles. The van der Waals surface area contributed by atoms with Crippen molar-refractivity contribution in [1.82, 2.24) is 9.80 Å². The molecule has 6 nitrogen and oxygen atoms in total. The van der Waals surface area contributed by atoms with Gasteiger partial charge in [0, 0.05) is 50.5 Å². The molecule has 1 N–H and O–H groups in total. The van der Waals surface area contributed by atoms with Crippen LogP contribution in [0, 0.1) is 5.92 Å². The summed E-state index contributed by atoms with van der Waals surface area (Å²) in [6.45, 7) is 4.55. The van der Waals surface area contributed by atoms with Gasteiger partial charge < -0.3 is 19.5 Å². The van der Waals surface area contributed by atoms with Gasteiger partial charge in [0.05, 0.1) is 7.11 Å². The van der Waals surface area contributed by atoms with Crippen molar-refractivity contribution >= 4 is 5.91 Å². The van der Waals surface area contributed by atoms with Gasteiger partial charge in [0.15, 0.2) is 11.5 Å². The molecule has 2 atom stereocenters. The molecule has 4 aliphatic rings. The predicted molar refractivity (Wildman–Crippen MR) is 97.6 cm³/mol. The van der Waals surface area contributed by atoms with Gasteiger partial charge in [0.1, 0.15) is 0 Å². The second-order valence-corrected chi connectivity index (χ2v) is 7.74. The minimum absolute atomic E-state index is 0.0159. The average molecular weight is 360 g/mol. The Hall–Kier alpha value is -1.79. The van der Waals surface area contributed by atoms with E-state index in [4.69, 9.17) is 9.47 Å². The van der Waals surface area contributed by atoms with E-state index in [0.29, 0.717) is 23.3 Å². The number of ether oxygens (including phenoxy) is 2. The first-order valence-electron chi connectivity index (χ1n) is 9.65. The highest BCUT2D eigenvalue weighted by molar-refractivity contribution is 5.95. The Labute approximate surface area is 154 Å². The van der Waals surface area contributed by atoms with E-state index < -0.39 is 0 Å². The molecule has 0 aliphatic carbocycles. The molecule has 1 aromatic carbocycles. The number of phenolic OH excluding ortho intramolecular Hbond substituents is 1. The third-order valence-electron chi connectivity index (χ3n) is 6.14. The number of nitrogens with zero attached hydrogens (tertiary/aromatic N) is 2. The number of carbonyl (C=O) groups is 1. The fourth-order valence-electron chi connectivity index (χ4n) is 4.70. The van der Waals surface area contributed by atoms with Crippen LogP contribution < -0.4 is 4.74 Å². The quantitative estimate of drug-likeness (QED) is 0.895. The van der Waals surface area contributed by atoms with E-state index in [2.05, 4.69) is 4.90 Å². The molecule has 2 bridgehead atoms. The predicted octanol–water partition coefficient (Wildman–Crippen LogP) is 2.12. The zero-order valence-corrected chi connectivity index (χ0v) is 15.4. The standard InChI is InChI=1S/C20H28N2O4/c1-25-19-5-3-15(10-18(19)23)20(24)22-12-14-2-4-17(22)13-21(11-14)16-6-8-26-9-7-16/h3,5,10,14,16-17,23H,2,4,6-9,11-13H2,1H3/t14-,17+/m0/s1. The van der Waals surface area contributed by atoms with Gasteiger partial charge in [0.2, 0.25) is 0 Å². The van der Waals surface area contributed by atoms with E-state index in [0.717, 1.165) is 52.1 Å². The van der Waals surface area contributed by atoms with Crippen LogP contribution in [0.4, 0.5) is 0 Å². The summed E-state index contributed by atoms with van der Waals surface area (Å²) in [6, 6.07) is 5.78. The lowest BCUT2D eigenvalue weighted by molar-refractivity contribution is 0.0304. The van der Waals surface area contributed by atoms with Gasteiger partial charge in [0.25, 0.3) is 5.91 Å². The van der Waals surface area contributed by atoms with Crippen LogP contribution in [0.2, 0.25) is 0 Å². The summed E-state index contributed by atoms with van der Waals surface area (Å²) >= 11 is 0. The Morgan fingerprint density at radius 1 is 1.12 bits per heavy atom. The van der Waals surface area contributed by atoms with Gasteiger partial charge in [-0.1, -0.05) is 0 Å². The third-order valence-corrected chi connectivity index (χ3v) is 6.14. The number of methoxy groups -OCH3 is 1. The molecule has 4 heterocycles. The zero-order valence-electron chi connectivity index (χ0n) is 15.4. The lowest BCUT2D eigenvalue weighted by Crippen LogP contribution is -2.48. The van der Waals surface area contributed by atoms with Crippen LogP contribution in [-0.2, 0) is 4.74 Å². The highest BCUT2D eigenvalue weighted by Crippen LogP contribution is 2.33. The molecule has 6 heteroatoms. The Bertz CT molecular complexity index is 659. The molecule has 0 radical (unpaired) electrons. The highest BCUT2D eigenvalue weighted by atomic mass is 16.5. The Balaban J connectivity index is 1.51. The van der Waals surface area contributed by atoms with Crippen molar-refractivity contribution < 1.29 is 19.4 Å². The molecule has 5 rings (SSSR count). The number of benzene rings is 1. The van der Waals surface area contributed by atoms with Gasteiger partial charge in [-0.25, -0.2) is 0 Å².